The summed E-state index contributed by atoms with van der Waals surface area (Å²) in [4.78, 5) is 25.6. The van der Waals surface area contributed by atoms with Crippen LogP contribution in [-0.2, 0) is 11.3 Å². The van der Waals surface area contributed by atoms with Crippen LogP contribution in [0.4, 0.5) is 0 Å². The third-order valence-electron chi connectivity index (χ3n) is 5.46. The van der Waals surface area contributed by atoms with Crippen LogP contribution < -0.4 is 23.7 Å². The number of hydrogen-bond acceptors (Lipinski definition) is 8. The van der Waals surface area contributed by atoms with Crippen LogP contribution in [0, 0.1) is 0 Å². The topological polar surface area (TPSA) is 89.5 Å². The number of rotatable bonds is 5. The van der Waals surface area contributed by atoms with E-state index in [1.807, 2.05) is 0 Å². The van der Waals surface area contributed by atoms with Crippen LogP contribution in [0.25, 0.3) is 6.08 Å². The predicted molar refractivity (Wildman–Crippen MR) is 126 cm³/mol. The standard InChI is InChI=1S/C26H19ClO8/c1-30-20-6-3-14(9-22(20)31-2)26(29)34-18-4-5-19-21(11-18)35-23(24(19)28)10-15-7-17(27)8-16-12-32-13-33-25(15)16/h3-11H,12-13H2,1-2H3/b23-10-. The Morgan fingerprint density at radius 2 is 1.86 bits per heavy atom. The molecule has 9 heteroatoms. The minimum absolute atomic E-state index is 0.0999. The number of halogens is 1. The Kier molecular flexibility index (Phi) is 6.07. The Morgan fingerprint density at radius 3 is 2.66 bits per heavy atom. The molecule has 178 valence electrons. The average Bonchev–Trinajstić information content (AvgIpc) is 3.17. The lowest BCUT2D eigenvalue weighted by molar-refractivity contribution is -0.0165. The summed E-state index contributed by atoms with van der Waals surface area (Å²) < 4.78 is 32.6. The van der Waals surface area contributed by atoms with E-state index in [4.69, 9.17) is 40.0 Å². The van der Waals surface area contributed by atoms with Crippen molar-refractivity contribution in [3.63, 3.8) is 0 Å². The number of carbonyl (C=O) groups is 2. The molecule has 0 spiro atoms. The molecule has 0 saturated heterocycles. The molecule has 0 atom stereocenters. The lowest BCUT2D eigenvalue weighted by Crippen LogP contribution is -2.12. The van der Waals surface area contributed by atoms with E-state index < -0.39 is 5.97 Å². The second-order valence-electron chi connectivity index (χ2n) is 7.65. The lowest BCUT2D eigenvalue weighted by atomic mass is 10.1. The van der Waals surface area contributed by atoms with E-state index in [9.17, 15) is 9.59 Å². The van der Waals surface area contributed by atoms with E-state index >= 15 is 0 Å². The normalized spacial score (nSPS) is 15.1. The van der Waals surface area contributed by atoms with Crippen LogP contribution in [0.15, 0.2) is 54.3 Å². The first-order valence-corrected chi connectivity index (χ1v) is 10.9. The van der Waals surface area contributed by atoms with Gasteiger partial charge in [0.05, 0.1) is 32.0 Å². The number of ether oxygens (including phenoxy) is 6. The molecule has 0 saturated carbocycles. The summed E-state index contributed by atoms with van der Waals surface area (Å²) >= 11 is 6.22. The molecule has 8 nitrogen and oxygen atoms in total. The first kappa shape index (κ1) is 22.8. The minimum atomic E-state index is -0.601. The summed E-state index contributed by atoms with van der Waals surface area (Å²) in [5.41, 5.74) is 2.01. The smallest absolute Gasteiger partial charge is 0.343 e. The van der Waals surface area contributed by atoms with Gasteiger partial charge in [-0.1, -0.05) is 11.6 Å². The molecule has 3 aromatic carbocycles. The molecule has 0 aromatic heterocycles. The van der Waals surface area contributed by atoms with Crippen molar-refractivity contribution in [2.45, 2.75) is 6.61 Å². The third kappa shape index (κ3) is 4.41. The monoisotopic (exact) mass is 494 g/mol. The van der Waals surface area contributed by atoms with Crippen molar-refractivity contribution in [1.29, 1.82) is 0 Å². The number of fused-ring (bicyclic) bond motifs is 2. The molecule has 2 heterocycles. The zero-order valence-electron chi connectivity index (χ0n) is 18.8. The summed E-state index contributed by atoms with van der Waals surface area (Å²) in [6.07, 6.45) is 1.58. The quantitative estimate of drug-likeness (QED) is 0.276. The predicted octanol–water partition coefficient (Wildman–Crippen LogP) is 5.06. The maximum Gasteiger partial charge on any atom is 0.343 e. The number of benzene rings is 3. The Bertz CT molecular complexity index is 1380. The van der Waals surface area contributed by atoms with E-state index in [2.05, 4.69) is 0 Å². The van der Waals surface area contributed by atoms with Crippen molar-refractivity contribution in [3.8, 4) is 28.7 Å². The van der Waals surface area contributed by atoms with Gasteiger partial charge in [-0.15, -0.1) is 0 Å². The Labute approximate surface area is 205 Å². The molecule has 3 aromatic rings. The van der Waals surface area contributed by atoms with Crippen LogP contribution in [-0.4, -0.2) is 32.8 Å². The zero-order chi connectivity index (χ0) is 24.5. The minimum Gasteiger partial charge on any atom is -0.493 e. The van der Waals surface area contributed by atoms with Crippen molar-refractivity contribution >= 4 is 29.4 Å². The van der Waals surface area contributed by atoms with Gasteiger partial charge in [-0.25, -0.2) is 4.79 Å². The largest absolute Gasteiger partial charge is 0.493 e. The molecule has 2 aliphatic heterocycles. The molecule has 0 amide bonds. The van der Waals surface area contributed by atoms with Crippen molar-refractivity contribution < 1.29 is 38.0 Å². The summed E-state index contributed by atoms with van der Waals surface area (Å²) in [5.74, 6) is 1.17. The molecule has 0 aliphatic carbocycles. The molecule has 5 rings (SSSR count). The highest BCUT2D eigenvalue weighted by molar-refractivity contribution is 6.31. The first-order chi connectivity index (χ1) is 17.0. The fourth-order valence-corrected chi connectivity index (χ4v) is 4.07. The number of carbonyl (C=O) groups excluding carboxylic acids is 2. The van der Waals surface area contributed by atoms with Crippen molar-refractivity contribution in [1.82, 2.24) is 0 Å². The lowest BCUT2D eigenvalue weighted by Gasteiger charge is -2.20. The molecule has 0 unspecified atom stereocenters. The highest BCUT2D eigenvalue weighted by Gasteiger charge is 2.29. The van der Waals surface area contributed by atoms with Gasteiger partial charge in [-0.05, 0) is 48.5 Å². The fraction of sp³-hybridized carbons (Fsp3) is 0.154. The highest BCUT2D eigenvalue weighted by Crippen LogP contribution is 2.38. The van der Waals surface area contributed by atoms with Gasteiger partial charge in [0, 0.05) is 22.2 Å². The number of Topliss-reactive ketones (excluding diaryl/α,β-unsaturated/α-hetero) is 1. The number of ketones is 1. The molecule has 0 N–H and O–H groups in total. The third-order valence-corrected chi connectivity index (χ3v) is 5.68. The van der Waals surface area contributed by atoms with Gasteiger partial charge in [0.2, 0.25) is 5.78 Å². The van der Waals surface area contributed by atoms with Gasteiger partial charge >= 0.3 is 5.97 Å². The number of esters is 1. The molecular formula is C26H19ClO8. The summed E-state index contributed by atoms with van der Waals surface area (Å²) in [7, 11) is 2.99. The number of allylic oxidation sites excluding steroid dienone is 1. The van der Waals surface area contributed by atoms with Crippen LogP contribution in [0.1, 0.15) is 31.8 Å². The summed E-state index contributed by atoms with van der Waals surface area (Å²) in [5, 5.41) is 0.483. The highest BCUT2D eigenvalue weighted by atomic mass is 35.5. The molecular weight excluding hydrogens is 476 g/mol. The van der Waals surface area contributed by atoms with Crippen LogP contribution in [0.3, 0.4) is 0 Å². The maximum atomic E-state index is 12.9. The van der Waals surface area contributed by atoms with E-state index in [0.29, 0.717) is 40.0 Å². The van der Waals surface area contributed by atoms with Crippen LogP contribution >= 0.6 is 11.6 Å². The van der Waals surface area contributed by atoms with Crippen molar-refractivity contribution in [2.24, 2.45) is 0 Å². The summed E-state index contributed by atoms with van der Waals surface area (Å²) in [6, 6.07) is 12.7. The summed E-state index contributed by atoms with van der Waals surface area (Å²) in [6.45, 7) is 0.463. The van der Waals surface area contributed by atoms with Gasteiger partial charge in [-0.3, -0.25) is 4.79 Å². The van der Waals surface area contributed by atoms with E-state index in [1.165, 1.54) is 32.4 Å². The molecule has 0 fully saturated rings. The van der Waals surface area contributed by atoms with Crippen LogP contribution in [0.5, 0.6) is 28.7 Å². The van der Waals surface area contributed by atoms with Crippen molar-refractivity contribution in [3.05, 3.63) is 81.6 Å². The Morgan fingerprint density at radius 1 is 1.03 bits per heavy atom. The van der Waals surface area contributed by atoms with Gasteiger partial charge in [0.15, 0.2) is 24.1 Å². The van der Waals surface area contributed by atoms with Gasteiger partial charge in [-0.2, -0.15) is 0 Å². The van der Waals surface area contributed by atoms with Crippen molar-refractivity contribution in [2.75, 3.05) is 21.0 Å². The van der Waals surface area contributed by atoms with E-state index in [-0.39, 0.29) is 35.4 Å². The second kappa shape index (κ2) is 9.32. The number of hydrogen-bond donors (Lipinski definition) is 0. The van der Waals surface area contributed by atoms with E-state index in [1.54, 1.807) is 36.4 Å². The number of methoxy groups -OCH3 is 2. The maximum absolute atomic E-state index is 12.9. The van der Waals surface area contributed by atoms with Gasteiger partial charge in [0.25, 0.3) is 0 Å². The second-order valence-corrected chi connectivity index (χ2v) is 8.09. The SMILES string of the molecule is COc1ccc(C(=O)Oc2ccc3c(c2)O/C(=C\c2cc(Cl)cc4c2OCOC4)C3=O)cc1OC. The van der Waals surface area contributed by atoms with Crippen LogP contribution in [0.2, 0.25) is 5.02 Å². The van der Waals surface area contributed by atoms with Gasteiger partial charge < -0.3 is 28.4 Å². The van der Waals surface area contributed by atoms with Gasteiger partial charge in [0.1, 0.15) is 17.2 Å². The zero-order valence-corrected chi connectivity index (χ0v) is 19.5. The van der Waals surface area contributed by atoms with E-state index in [0.717, 1.165) is 5.56 Å². The Hall–Kier alpha value is -4.01. The molecule has 0 radical (unpaired) electrons. The molecule has 35 heavy (non-hydrogen) atoms. The Balaban J connectivity index is 1.38. The molecule has 2 aliphatic rings. The first-order valence-electron chi connectivity index (χ1n) is 10.5. The fourth-order valence-electron chi connectivity index (χ4n) is 3.82. The average molecular weight is 495 g/mol. The molecule has 0 bridgehead atoms.